The lowest BCUT2D eigenvalue weighted by Crippen LogP contribution is -2.45. The van der Waals surface area contributed by atoms with Gasteiger partial charge in [-0.1, -0.05) is 12.1 Å². The topological polar surface area (TPSA) is 118 Å². The van der Waals surface area contributed by atoms with Crippen molar-refractivity contribution in [3.63, 3.8) is 0 Å². The van der Waals surface area contributed by atoms with Gasteiger partial charge in [0, 0.05) is 6.42 Å². The van der Waals surface area contributed by atoms with Crippen LogP contribution in [0.2, 0.25) is 0 Å². The van der Waals surface area contributed by atoms with Crippen LogP contribution in [0.15, 0.2) is 24.3 Å². The Labute approximate surface area is 91.0 Å². The standard InChI is InChI=1S/C9H11N3O4/c10-9(14)8(11-12(15)16)5-6-1-3-7(13)4-2-6/h1-4,8,11,13H,5H2,(H2,10,14)/t8-/m0/s1. The molecule has 4 N–H and O–H groups in total. The van der Waals surface area contributed by atoms with E-state index in [0.717, 1.165) is 0 Å². The summed E-state index contributed by atoms with van der Waals surface area (Å²) in [6, 6.07) is 4.92. The molecule has 0 unspecified atom stereocenters. The normalized spacial score (nSPS) is 11.8. The molecule has 1 aromatic rings. The van der Waals surface area contributed by atoms with Gasteiger partial charge in [0.1, 0.15) is 5.75 Å². The lowest BCUT2D eigenvalue weighted by molar-refractivity contribution is -0.548. The Kier molecular flexibility index (Phi) is 3.65. The number of phenols is 1. The first kappa shape index (κ1) is 11.8. The van der Waals surface area contributed by atoms with Crippen LogP contribution in [-0.2, 0) is 11.2 Å². The van der Waals surface area contributed by atoms with Crippen LogP contribution < -0.4 is 11.2 Å². The number of hydrogen-bond acceptors (Lipinski definition) is 4. The zero-order valence-corrected chi connectivity index (χ0v) is 8.29. The zero-order chi connectivity index (χ0) is 12.1. The molecule has 0 saturated heterocycles. The number of hydrogen-bond donors (Lipinski definition) is 3. The maximum Gasteiger partial charge on any atom is 0.246 e. The van der Waals surface area contributed by atoms with Crippen molar-refractivity contribution in [3.8, 4) is 5.75 Å². The number of benzene rings is 1. The van der Waals surface area contributed by atoms with E-state index < -0.39 is 17.0 Å². The fourth-order valence-corrected chi connectivity index (χ4v) is 1.20. The number of hydrazine groups is 1. The van der Waals surface area contributed by atoms with Crippen LogP contribution >= 0.6 is 0 Å². The molecule has 86 valence electrons. The molecule has 0 aliphatic rings. The number of nitrogens with zero attached hydrogens (tertiary/aromatic N) is 1. The summed E-state index contributed by atoms with van der Waals surface area (Å²) < 4.78 is 0. The maximum atomic E-state index is 10.9. The first-order chi connectivity index (χ1) is 7.49. The van der Waals surface area contributed by atoms with Crippen LogP contribution in [0.5, 0.6) is 5.75 Å². The van der Waals surface area contributed by atoms with Gasteiger partial charge < -0.3 is 10.8 Å². The summed E-state index contributed by atoms with van der Waals surface area (Å²) in [6.45, 7) is 0. The third kappa shape index (κ3) is 3.45. The van der Waals surface area contributed by atoms with Crippen molar-refractivity contribution >= 4 is 5.91 Å². The Hall–Kier alpha value is -2.31. The third-order valence-electron chi connectivity index (χ3n) is 1.98. The van der Waals surface area contributed by atoms with Crippen LogP contribution in [0.1, 0.15) is 5.56 Å². The van der Waals surface area contributed by atoms with E-state index in [1.807, 2.05) is 5.43 Å². The predicted molar refractivity (Wildman–Crippen MR) is 54.9 cm³/mol. The first-order valence-electron chi connectivity index (χ1n) is 4.47. The van der Waals surface area contributed by atoms with Crippen molar-refractivity contribution in [3.05, 3.63) is 39.9 Å². The second kappa shape index (κ2) is 4.96. The maximum absolute atomic E-state index is 10.9. The molecule has 0 aliphatic carbocycles. The molecule has 0 spiro atoms. The largest absolute Gasteiger partial charge is 0.508 e. The van der Waals surface area contributed by atoms with E-state index in [1.54, 1.807) is 12.1 Å². The number of carbonyl (C=O) groups excluding carboxylic acids is 1. The Balaban J connectivity index is 2.71. The van der Waals surface area contributed by atoms with E-state index >= 15 is 0 Å². The number of nitro groups is 1. The Morgan fingerprint density at radius 2 is 2.06 bits per heavy atom. The molecule has 0 saturated carbocycles. The molecule has 0 bridgehead atoms. The van der Waals surface area contributed by atoms with Gasteiger partial charge in [-0.15, -0.1) is 5.43 Å². The molecular formula is C9H11N3O4. The van der Waals surface area contributed by atoms with E-state index in [9.17, 15) is 14.9 Å². The smallest absolute Gasteiger partial charge is 0.246 e. The summed E-state index contributed by atoms with van der Waals surface area (Å²) in [5, 5.41) is 18.4. The molecule has 7 heteroatoms. The minimum atomic E-state index is -1.07. The van der Waals surface area contributed by atoms with Crippen LogP contribution in [0.4, 0.5) is 0 Å². The number of phenolic OH excluding ortho intramolecular Hbond substituents is 1. The minimum Gasteiger partial charge on any atom is -0.508 e. The minimum absolute atomic E-state index is 0.0848. The van der Waals surface area contributed by atoms with Crippen LogP contribution in [0.3, 0.4) is 0 Å². The first-order valence-corrected chi connectivity index (χ1v) is 4.47. The average molecular weight is 225 g/mol. The third-order valence-corrected chi connectivity index (χ3v) is 1.98. The summed E-state index contributed by atoms with van der Waals surface area (Å²) in [4.78, 5) is 21.1. The number of nitrogens with two attached hydrogens (primary N) is 1. The molecular weight excluding hydrogens is 214 g/mol. The highest BCUT2D eigenvalue weighted by molar-refractivity contribution is 5.80. The predicted octanol–water partition coefficient (Wildman–Crippen LogP) is -0.430. The second-order valence-corrected chi connectivity index (χ2v) is 3.21. The van der Waals surface area contributed by atoms with Crippen molar-refractivity contribution in [1.29, 1.82) is 0 Å². The van der Waals surface area contributed by atoms with Gasteiger partial charge >= 0.3 is 0 Å². The fourth-order valence-electron chi connectivity index (χ4n) is 1.20. The molecule has 1 aromatic carbocycles. The lowest BCUT2D eigenvalue weighted by atomic mass is 10.1. The van der Waals surface area contributed by atoms with Crippen molar-refractivity contribution in [1.82, 2.24) is 5.43 Å². The summed E-state index contributed by atoms with van der Waals surface area (Å²) in [5.74, 6) is -0.716. The summed E-state index contributed by atoms with van der Waals surface area (Å²) in [5.41, 5.74) is 7.50. The molecule has 1 atom stereocenters. The molecule has 0 fully saturated rings. The van der Waals surface area contributed by atoms with Crippen LogP contribution in [0, 0.1) is 10.1 Å². The van der Waals surface area contributed by atoms with E-state index in [0.29, 0.717) is 5.56 Å². The molecule has 0 heterocycles. The summed E-state index contributed by atoms with van der Waals surface area (Å²) in [7, 11) is 0. The zero-order valence-electron chi connectivity index (χ0n) is 8.29. The molecule has 7 nitrogen and oxygen atoms in total. The van der Waals surface area contributed by atoms with E-state index in [4.69, 9.17) is 10.8 Å². The molecule has 0 aromatic heterocycles. The molecule has 16 heavy (non-hydrogen) atoms. The van der Waals surface area contributed by atoms with Crippen molar-refractivity contribution in [2.24, 2.45) is 5.73 Å². The number of rotatable bonds is 5. The van der Waals surface area contributed by atoms with Gasteiger partial charge in [-0.2, -0.15) is 0 Å². The highest BCUT2D eigenvalue weighted by atomic mass is 16.7. The van der Waals surface area contributed by atoms with Gasteiger partial charge in [0.15, 0.2) is 11.1 Å². The SMILES string of the molecule is NC(=O)[C@H](Cc1ccc(O)cc1)N[N+](=O)[O-]. The number of amides is 1. The Bertz CT molecular complexity index is 390. The monoisotopic (exact) mass is 225 g/mol. The van der Waals surface area contributed by atoms with E-state index in [1.165, 1.54) is 12.1 Å². The quantitative estimate of drug-likeness (QED) is 0.464. The molecule has 0 radical (unpaired) electrons. The van der Waals surface area contributed by atoms with Gasteiger partial charge in [-0.3, -0.25) is 4.79 Å². The summed E-state index contributed by atoms with van der Waals surface area (Å²) >= 11 is 0. The van der Waals surface area contributed by atoms with Crippen molar-refractivity contribution in [2.75, 3.05) is 0 Å². The van der Waals surface area contributed by atoms with Crippen LogP contribution in [0.25, 0.3) is 0 Å². The van der Waals surface area contributed by atoms with Gasteiger partial charge in [0.25, 0.3) is 0 Å². The van der Waals surface area contributed by atoms with Crippen molar-refractivity contribution in [2.45, 2.75) is 12.5 Å². The summed E-state index contributed by atoms with van der Waals surface area (Å²) in [6.07, 6.45) is 0.0938. The fraction of sp³-hybridized carbons (Fsp3) is 0.222. The average Bonchev–Trinajstić information content (AvgIpc) is 2.19. The van der Waals surface area contributed by atoms with Crippen molar-refractivity contribution < 1.29 is 14.9 Å². The molecule has 0 aliphatic heterocycles. The Morgan fingerprint density at radius 1 is 1.50 bits per heavy atom. The Morgan fingerprint density at radius 3 is 2.50 bits per heavy atom. The van der Waals surface area contributed by atoms with Gasteiger partial charge in [-0.05, 0) is 17.7 Å². The van der Waals surface area contributed by atoms with E-state index in [-0.39, 0.29) is 12.2 Å². The van der Waals surface area contributed by atoms with Gasteiger partial charge in [0.05, 0.1) is 0 Å². The van der Waals surface area contributed by atoms with Gasteiger partial charge in [0.2, 0.25) is 5.91 Å². The van der Waals surface area contributed by atoms with Crippen LogP contribution in [-0.4, -0.2) is 22.1 Å². The number of carbonyl (C=O) groups is 1. The lowest BCUT2D eigenvalue weighted by Gasteiger charge is -2.09. The molecule has 1 rings (SSSR count). The highest BCUT2D eigenvalue weighted by Gasteiger charge is 2.20. The highest BCUT2D eigenvalue weighted by Crippen LogP contribution is 2.11. The number of nitrogens with one attached hydrogen (secondary N) is 1. The number of aromatic hydroxyl groups is 1. The van der Waals surface area contributed by atoms with Gasteiger partial charge in [-0.25, -0.2) is 10.1 Å². The van der Waals surface area contributed by atoms with E-state index in [2.05, 4.69) is 0 Å². The number of primary amides is 1. The molecule has 1 amide bonds. The second-order valence-electron chi connectivity index (χ2n) is 3.21.